The van der Waals surface area contributed by atoms with E-state index in [0.29, 0.717) is 22.2 Å². The van der Waals surface area contributed by atoms with Crippen LogP contribution in [0.2, 0.25) is 0 Å². The SMILES string of the molecule is CSc1cccc(C(=O)Nc2sc3c(c2C(N)=O)CCN(C(C)C)C3)c1. The van der Waals surface area contributed by atoms with Gasteiger partial charge in [-0.3, -0.25) is 14.5 Å². The van der Waals surface area contributed by atoms with Crippen molar-refractivity contribution in [3.8, 4) is 0 Å². The molecule has 7 heteroatoms. The molecule has 2 aromatic rings. The number of fused-ring (bicyclic) bond motifs is 1. The number of thiophene rings is 1. The Morgan fingerprint density at radius 3 is 2.77 bits per heavy atom. The lowest BCUT2D eigenvalue weighted by molar-refractivity contribution is 0.0999. The van der Waals surface area contributed by atoms with Gasteiger partial charge in [0.05, 0.1) is 5.56 Å². The molecule has 3 N–H and O–H groups in total. The highest BCUT2D eigenvalue weighted by atomic mass is 32.2. The van der Waals surface area contributed by atoms with Crippen molar-refractivity contribution in [3.63, 3.8) is 0 Å². The Balaban J connectivity index is 1.90. The number of hydrogen-bond acceptors (Lipinski definition) is 5. The molecule has 0 aliphatic carbocycles. The van der Waals surface area contributed by atoms with E-state index < -0.39 is 5.91 Å². The average molecular weight is 390 g/mol. The normalized spacial score (nSPS) is 14.3. The Morgan fingerprint density at radius 1 is 1.35 bits per heavy atom. The molecule has 0 atom stereocenters. The summed E-state index contributed by atoms with van der Waals surface area (Å²) in [7, 11) is 0. The lowest BCUT2D eigenvalue weighted by atomic mass is 10.0. The second-order valence-corrected chi connectivity index (χ2v) is 8.56. The van der Waals surface area contributed by atoms with E-state index in [4.69, 9.17) is 5.73 Å². The van der Waals surface area contributed by atoms with E-state index in [1.165, 1.54) is 11.3 Å². The molecule has 2 heterocycles. The van der Waals surface area contributed by atoms with Crippen LogP contribution in [0, 0.1) is 0 Å². The average Bonchev–Trinajstić information content (AvgIpc) is 2.98. The molecular weight excluding hydrogens is 366 g/mol. The predicted molar refractivity (Wildman–Crippen MR) is 108 cm³/mol. The van der Waals surface area contributed by atoms with E-state index in [1.54, 1.807) is 17.8 Å². The standard InChI is InChI=1S/C19H23N3O2S2/c1-11(2)22-8-7-14-15(10-22)26-19(16(14)17(20)23)21-18(24)12-5-4-6-13(9-12)25-3/h4-6,9,11H,7-8,10H2,1-3H3,(H2,20,23)(H,21,24). The number of nitrogens with two attached hydrogens (primary N) is 1. The molecule has 0 saturated heterocycles. The van der Waals surface area contributed by atoms with E-state index in [9.17, 15) is 9.59 Å². The summed E-state index contributed by atoms with van der Waals surface area (Å²) in [6.45, 7) is 6.00. The first-order chi connectivity index (χ1) is 12.4. The second-order valence-electron chi connectivity index (χ2n) is 6.57. The fourth-order valence-electron chi connectivity index (χ4n) is 3.15. The van der Waals surface area contributed by atoms with Crippen molar-refractivity contribution in [1.82, 2.24) is 4.90 Å². The van der Waals surface area contributed by atoms with Gasteiger partial charge in [-0.1, -0.05) is 6.07 Å². The third-order valence-electron chi connectivity index (χ3n) is 4.62. The summed E-state index contributed by atoms with van der Waals surface area (Å²) in [6, 6.07) is 7.87. The van der Waals surface area contributed by atoms with Gasteiger partial charge in [0.15, 0.2) is 0 Å². The van der Waals surface area contributed by atoms with Crippen molar-refractivity contribution in [2.75, 3.05) is 18.1 Å². The topological polar surface area (TPSA) is 75.4 Å². The quantitative estimate of drug-likeness (QED) is 0.767. The molecule has 0 bridgehead atoms. The van der Waals surface area contributed by atoms with Gasteiger partial charge in [0, 0.05) is 34.5 Å². The van der Waals surface area contributed by atoms with Gasteiger partial charge in [-0.2, -0.15) is 0 Å². The molecule has 0 saturated carbocycles. The molecule has 26 heavy (non-hydrogen) atoms. The molecule has 1 aliphatic heterocycles. The summed E-state index contributed by atoms with van der Waals surface area (Å²) in [4.78, 5) is 29.2. The first-order valence-electron chi connectivity index (χ1n) is 8.54. The highest BCUT2D eigenvalue weighted by molar-refractivity contribution is 7.98. The van der Waals surface area contributed by atoms with Gasteiger partial charge >= 0.3 is 0 Å². The lowest BCUT2D eigenvalue weighted by Crippen LogP contribution is -2.35. The molecule has 1 aromatic heterocycles. The van der Waals surface area contributed by atoms with E-state index >= 15 is 0 Å². The van der Waals surface area contributed by atoms with Gasteiger partial charge in [-0.05, 0) is 50.3 Å². The van der Waals surface area contributed by atoms with Crippen molar-refractivity contribution < 1.29 is 9.59 Å². The van der Waals surface area contributed by atoms with Crippen LogP contribution in [0.25, 0.3) is 0 Å². The van der Waals surface area contributed by atoms with Crippen LogP contribution in [-0.2, 0) is 13.0 Å². The number of carbonyl (C=O) groups excluding carboxylic acids is 2. The van der Waals surface area contributed by atoms with Crippen LogP contribution in [0.5, 0.6) is 0 Å². The van der Waals surface area contributed by atoms with Crippen molar-refractivity contribution in [1.29, 1.82) is 0 Å². The molecule has 138 valence electrons. The number of anilines is 1. The van der Waals surface area contributed by atoms with Crippen LogP contribution in [0.3, 0.4) is 0 Å². The molecule has 5 nitrogen and oxygen atoms in total. The number of benzene rings is 1. The highest BCUT2D eigenvalue weighted by Gasteiger charge is 2.28. The van der Waals surface area contributed by atoms with Crippen molar-refractivity contribution in [2.24, 2.45) is 5.73 Å². The Labute approximate surface area is 162 Å². The number of carbonyl (C=O) groups is 2. The first-order valence-corrected chi connectivity index (χ1v) is 10.6. The van der Waals surface area contributed by atoms with Crippen LogP contribution in [0.4, 0.5) is 5.00 Å². The minimum atomic E-state index is -0.478. The molecule has 0 fully saturated rings. The molecule has 0 radical (unpaired) electrons. The summed E-state index contributed by atoms with van der Waals surface area (Å²) in [6.07, 6.45) is 2.75. The molecule has 2 amide bonds. The summed E-state index contributed by atoms with van der Waals surface area (Å²) < 4.78 is 0. The monoisotopic (exact) mass is 389 g/mol. The number of rotatable bonds is 5. The number of nitrogens with zero attached hydrogens (tertiary/aromatic N) is 1. The zero-order valence-electron chi connectivity index (χ0n) is 15.2. The maximum Gasteiger partial charge on any atom is 0.256 e. The number of hydrogen-bond donors (Lipinski definition) is 2. The maximum atomic E-state index is 12.7. The van der Waals surface area contributed by atoms with Gasteiger partial charge in [0.1, 0.15) is 5.00 Å². The van der Waals surface area contributed by atoms with E-state index in [0.717, 1.165) is 34.8 Å². The third-order valence-corrected chi connectivity index (χ3v) is 6.48. The van der Waals surface area contributed by atoms with E-state index in [2.05, 4.69) is 24.1 Å². The fraction of sp³-hybridized carbons (Fsp3) is 0.368. The van der Waals surface area contributed by atoms with Gasteiger partial charge in [-0.25, -0.2) is 0 Å². The Morgan fingerprint density at radius 2 is 2.12 bits per heavy atom. The zero-order valence-corrected chi connectivity index (χ0v) is 16.8. The first kappa shape index (κ1) is 18.9. The molecule has 1 aliphatic rings. The van der Waals surface area contributed by atoms with Crippen LogP contribution in [0.1, 0.15) is 45.0 Å². The van der Waals surface area contributed by atoms with Crippen LogP contribution < -0.4 is 11.1 Å². The van der Waals surface area contributed by atoms with E-state index in [1.807, 2.05) is 24.5 Å². The van der Waals surface area contributed by atoms with Gasteiger partial charge in [0.2, 0.25) is 0 Å². The van der Waals surface area contributed by atoms with Crippen LogP contribution in [0.15, 0.2) is 29.2 Å². The number of amides is 2. The van der Waals surface area contributed by atoms with Crippen molar-refractivity contribution in [2.45, 2.75) is 37.8 Å². The van der Waals surface area contributed by atoms with Crippen molar-refractivity contribution in [3.05, 3.63) is 45.8 Å². The van der Waals surface area contributed by atoms with Crippen LogP contribution in [-0.4, -0.2) is 35.6 Å². The molecule has 1 aromatic carbocycles. The molecular formula is C19H23N3O2S2. The summed E-state index contributed by atoms with van der Waals surface area (Å²) >= 11 is 3.05. The Hall–Kier alpha value is -1.83. The predicted octanol–water partition coefficient (Wildman–Crippen LogP) is 3.59. The van der Waals surface area contributed by atoms with Crippen molar-refractivity contribution >= 4 is 39.9 Å². The van der Waals surface area contributed by atoms with Gasteiger partial charge in [-0.15, -0.1) is 23.1 Å². The summed E-state index contributed by atoms with van der Waals surface area (Å²) in [5.41, 5.74) is 7.68. The summed E-state index contributed by atoms with van der Waals surface area (Å²) in [5, 5.41) is 3.47. The van der Waals surface area contributed by atoms with Crippen LogP contribution >= 0.6 is 23.1 Å². The molecule has 0 spiro atoms. The molecule has 0 unspecified atom stereocenters. The van der Waals surface area contributed by atoms with Gasteiger partial charge < -0.3 is 11.1 Å². The number of thioether (sulfide) groups is 1. The minimum Gasteiger partial charge on any atom is -0.365 e. The third kappa shape index (κ3) is 3.79. The zero-order chi connectivity index (χ0) is 18.8. The Kier molecular flexibility index (Phi) is 5.70. The number of primary amides is 1. The minimum absolute atomic E-state index is 0.220. The van der Waals surface area contributed by atoms with E-state index in [-0.39, 0.29) is 5.91 Å². The summed E-state index contributed by atoms with van der Waals surface area (Å²) in [5.74, 6) is -0.698. The van der Waals surface area contributed by atoms with Gasteiger partial charge in [0.25, 0.3) is 11.8 Å². The smallest absolute Gasteiger partial charge is 0.256 e. The molecule has 3 rings (SSSR count). The highest BCUT2D eigenvalue weighted by Crippen LogP contribution is 2.37. The fourth-order valence-corrected chi connectivity index (χ4v) is 4.89. The largest absolute Gasteiger partial charge is 0.365 e. The Bertz CT molecular complexity index is 845. The second kappa shape index (κ2) is 7.82. The lowest BCUT2D eigenvalue weighted by Gasteiger charge is -2.30. The number of nitrogens with one attached hydrogen (secondary N) is 1. The maximum absolute atomic E-state index is 12.7.